The van der Waals surface area contributed by atoms with Gasteiger partial charge in [0.1, 0.15) is 6.10 Å². The highest BCUT2D eigenvalue weighted by Gasteiger charge is 2.31. The number of hydrogen-bond donors (Lipinski definition) is 2. The van der Waals surface area contributed by atoms with Gasteiger partial charge in [-0.15, -0.1) is 0 Å². The summed E-state index contributed by atoms with van der Waals surface area (Å²) in [4.78, 5) is 24.4. The Morgan fingerprint density at radius 1 is 1.15 bits per heavy atom. The van der Waals surface area contributed by atoms with Crippen molar-refractivity contribution in [1.82, 2.24) is 10.6 Å². The molecule has 2 amide bonds. The Kier molecular flexibility index (Phi) is 6.02. The lowest BCUT2D eigenvalue weighted by atomic mass is 9.92. The normalized spacial score (nSPS) is 20.9. The van der Waals surface area contributed by atoms with Crippen molar-refractivity contribution in [1.29, 1.82) is 0 Å². The molecule has 3 atom stereocenters. The van der Waals surface area contributed by atoms with Gasteiger partial charge in [-0.1, -0.05) is 60.7 Å². The van der Waals surface area contributed by atoms with Crippen LogP contribution in [0.25, 0.3) is 0 Å². The fraction of sp³-hybridized carbons (Fsp3) is 0.333. The molecule has 2 aromatic rings. The molecule has 1 fully saturated rings. The average molecular weight is 352 g/mol. The Hall–Kier alpha value is -2.66. The zero-order valence-corrected chi connectivity index (χ0v) is 14.9. The molecule has 1 aliphatic rings. The quantitative estimate of drug-likeness (QED) is 0.840. The minimum Gasteiger partial charge on any atom is -0.364 e. The molecule has 1 saturated heterocycles. The van der Waals surface area contributed by atoms with Crippen LogP contribution in [-0.4, -0.2) is 24.0 Å². The first kappa shape index (κ1) is 18.1. The zero-order valence-electron chi connectivity index (χ0n) is 14.9. The van der Waals surface area contributed by atoms with Gasteiger partial charge < -0.3 is 15.4 Å². The molecule has 2 N–H and O–H groups in total. The SMILES string of the molecule is C[C@H](OCc1ccccc1)C(=O)N[C@@H]1CCC(=O)N[C@@H]1c1ccccc1. The van der Waals surface area contributed by atoms with Crippen LogP contribution in [0.2, 0.25) is 0 Å². The first-order chi connectivity index (χ1) is 12.6. The maximum atomic E-state index is 12.5. The summed E-state index contributed by atoms with van der Waals surface area (Å²) in [6.45, 7) is 2.14. The number of benzene rings is 2. The maximum absolute atomic E-state index is 12.5. The topological polar surface area (TPSA) is 67.4 Å². The third kappa shape index (κ3) is 4.70. The molecule has 26 heavy (non-hydrogen) atoms. The third-order valence-corrected chi connectivity index (χ3v) is 4.60. The van der Waals surface area contributed by atoms with E-state index in [1.165, 1.54) is 0 Å². The van der Waals surface area contributed by atoms with Crippen molar-refractivity contribution in [2.24, 2.45) is 0 Å². The molecule has 1 aliphatic heterocycles. The van der Waals surface area contributed by atoms with E-state index in [9.17, 15) is 9.59 Å². The number of amides is 2. The Bertz CT molecular complexity index is 733. The van der Waals surface area contributed by atoms with E-state index in [1.807, 2.05) is 60.7 Å². The zero-order chi connectivity index (χ0) is 18.4. The number of carbonyl (C=O) groups is 2. The van der Waals surface area contributed by atoms with Gasteiger partial charge in [-0.2, -0.15) is 0 Å². The van der Waals surface area contributed by atoms with Gasteiger partial charge in [-0.3, -0.25) is 9.59 Å². The minimum atomic E-state index is -0.566. The standard InChI is InChI=1S/C21H24N2O3/c1-15(26-14-16-8-4-2-5-9-16)21(25)22-18-12-13-19(24)23-20(18)17-10-6-3-7-11-17/h2-11,15,18,20H,12-14H2,1H3,(H,22,25)(H,23,24)/t15-,18+,20+/m0/s1. The lowest BCUT2D eigenvalue weighted by Gasteiger charge is -2.33. The predicted molar refractivity (Wildman–Crippen MR) is 99.2 cm³/mol. The van der Waals surface area contributed by atoms with Crippen LogP contribution in [0, 0.1) is 0 Å². The average Bonchev–Trinajstić information content (AvgIpc) is 2.69. The van der Waals surface area contributed by atoms with Crippen molar-refractivity contribution in [2.75, 3.05) is 0 Å². The molecule has 0 aliphatic carbocycles. The highest BCUT2D eigenvalue weighted by molar-refractivity contribution is 5.82. The molecule has 2 aromatic carbocycles. The van der Waals surface area contributed by atoms with Crippen LogP contribution >= 0.6 is 0 Å². The molecule has 0 unspecified atom stereocenters. The van der Waals surface area contributed by atoms with Gasteiger partial charge in [0.05, 0.1) is 18.7 Å². The second-order valence-electron chi connectivity index (χ2n) is 6.55. The van der Waals surface area contributed by atoms with E-state index in [-0.39, 0.29) is 23.9 Å². The first-order valence-corrected chi connectivity index (χ1v) is 8.93. The summed E-state index contributed by atoms with van der Waals surface area (Å²) in [6.07, 6.45) is 0.458. The highest BCUT2D eigenvalue weighted by atomic mass is 16.5. The fourth-order valence-corrected chi connectivity index (χ4v) is 3.10. The molecule has 0 saturated carbocycles. The lowest BCUT2D eigenvalue weighted by molar-refractivity contribution is -0.135. The van der Waals surface area contributed by atoms with Gasteiger partial charge in [0.15, 0.2) is 0 Å². The van der Waals surface area contributed by atoms with Gasteiger partial charge >= 0.3 is 0 Å². The minimum absolute atomic E-state index is 0.0118. The highest BCUT2D eigenvalue weighted by Crippen LogP contribution is 2.24. The van der Waals surface area contributed by atoms with E-state index < -0.39 is 6.10 Å². The molecule has 136 valence electrons. The van der Waals surface area contributed by atoms with Crippen LogP contribution in [-0.2, 0) is 20.9 Å². The third-order valence-electron chi connectivity index (χ3n) is 4.60. The Morgan fingerprint density at radius 2 is 1.81 bits per heavy atom. The van der Waals surface area contributed by atoms with Gasteiger partial charge in [-0.25, -0.2) is 0 Å². The Labute approximate surface area is 153 Å². The predicted octanol–water partition coefficient (Wildman–Crippen LogP) is 2.73. The summed E-state index contributed by atoms with van der Waals surface area (Å²) in [5, 5.41) is 6.04. The number of piperidine rings is 1. The number of rotatable bonds is 6. The Balaban J connectivity index is 1.60. The number of ether oxygens (including phenoxy) is 1. The molecular weight excluding hydrogens is 328 g/mol. The smallest absolute Gasteiger partial charge is 0.249 e. The molecule has 0 spiro atoms. The summed E-state index contributed by atoms with van der Waals surface area (Å²) in [6, 6.07) is 19.1. The monoisotopic (exact) mass is 352 g/mol. The summed E-state index contributed by atoms with van der Waals surface area (Å²) in [5.74, 6) is -0.152. The summed E-state index contributed by atoms with van der Waals surface area (Å²) < 4.78 is 5.69. The fourth-order valence-electron chi connectivity index (χ4n) is 3.10. The molecule has 0 aromatic heterocycles. The van der Waals surface area contributed by atoms with Crippen LogP contribution in [0.3, 0.4) is 0 Å². The van der Waals surface area contributed by atoms with Gasteiger partial charge in [0, 0.05) is 6.42 Å². The van der Waals surface area contributed by atoms with Crippen LogP contribution in [0.1, 0.15) is 36.9 Å². The molecule has 0 radical (unpaired) electrons. The maximum Gasteiger partial charge on any atom is 0.249 e. The van der Waals surface area contributed by atoms with Crippen LogP contribution in [0.15, 0.2) is 60.7 Å². The van der Waals surface area contributed by atoms with E-state index in [0.717, 1.165) is 11.1 Å². The lowest BCUT2D eigenvalue weighted by Crippen LogP contribution is -2.52. The summed E-state index contributed by atoms with van der Waals surface area (Å²) >= 11 is 0. The van der Waals surface area contributed by atoms with Crippen molar-refractivity contribution >= 4 is 11.8 Å². The summed E-state index contributed by atoms with van der Waals surface area (Å²) in [5.41, 5.74) is 2.02. The molecule has 5 nitrogen and oxygen atoms in total. The van der Waals surface area contributed by atoms with Gasteiger partial charge in [0.2, 0.25) is 11.8 Å². The van der Waals surface area contributed by atoms with E-state index >= 15 is 0 Å². The molecule has 5 heteroatoms. The molecule has 3 rings (SSSR count). The van der Waals surface area contributed by atoms with Gasteiger partial charge in [0.25, 0.3) is 0 Å². The van der Waals surface area contributed by atoms with E-state index in [0.29, 0.717) is 19.4 Å². The van der Waals surface area contributed by atoms with Crippen molar-refractivity contribution in [2.45, 2.75) is 44.6 Å². The van der Waals surface area contributed by atoms with Gasteiger partial charge in [-0.05, 0) is 24.5 Å². The first-order valence-electron chi connectivity index (χ1n) is 8.93. The molecular formula is C21H24N2O3. The van der Waals surface area contributed by atoms with Crippen molar-refractivity contribution in [3.63, 3.8) is 0 Å². The molecule has 0 bridgehead atoms. The van der Waals surface area contributed by atoms with Crippen LogP contribution in [0.5, 0.6) is 0 Å². The van der Waals surface area contributed by atoms with Crippen molar-refractivity contribution < 1.29 is 14.3 Å². The second kappa shape index (κ2) is 8.63. The van der Waals surface area contributed by atoms with E-state index in [4.69, 9.17) is 4.74 Å². The second-order valence-corrected chi connectivity index (χ2v) is 6.55. The van der Waals surface area contributed by atoms with E-state index in [2.05, 4.69) is 10.6 Å². The largest absolute Gasteiger partial charge is 0.364 e. The Morgan fingerprint density at radius 3 is 2.50 bits per heavy atom. The van der Waals surface area contributed by atoms with Crippen molar-refractivity contribution in [3.05, 3.63) is 71.8 Å². The number of nitrogens with one attached hydrogen (secondary N) is 2. The van der Waals surface area contributed by atoms with E-state index in [1.54, 1.807) is 6.92 Å². The van der Waals surface area contributed by atoms with Crippen molar-refractivity contribution in [3.8, 4) is 0 Å². The number of carbonyl (C=O) groups excluding carboxylic acids is 2. The number of hydrogen-bond acceptors (Lipinski definition) is 3. The molecule has 1 heterocycles. The van der Waals surface area contributed by atoms with Crippen LogP contribution in [0.4, 0.5) is 0 Å². The summed E-state index contributed by atoms with van der Waals surface area (Å²) in [7, 11) is 0. The van der Waals surface area contributed by atoms with Crippen LogP contribution < -0.4 is 10.6 Å².